The third-order valence-corrected chi connectivity index (χ3v) is 5.36. The van der Waals surface area contributed by atoms with E-state index in [1.165, 1.54) is 88.8 Å². The number of carboxylic acids is 2. The van der Waals surface area contributed by atoms with Gasteiger partial charge in [-0.1, -0.05) is 103 Å². The van der Waals surface area contributed by atoms with E-state index in [-0.39, 0.29) is 48.8 Å². The van der Waals surface area contributed by atoms with Crippen molar-refractivity contribution in [1.82, 2.24) is 0 Å². The number of carbonyl (C=O) groups excluding carboxylic acids is 2. The van der Waals surface area contributed by atoms with Gasteiger partial charge in [0.15, 0.2) is 0 Å². The largest absolute Gasteiger partial charge is 1.00 e. The smallest absolute Gasteiger partial charge is 0.545 e. The molecule has 6 heteroatoms. The SMILES string of the molecule is CCCCCCCCCCCCCCCCc1cc(C(=O)[O-])ccc1C(=O)[O-].[Li+].[Li+]. The minimum atomic E-state index is -1.29. The zero-order chi connectivity index (χ0) is 20.6. The molecule has 0 aliphatic rings. The number of hydrogen-bond acceptors (Lipinski definition) is 4. The van der Waals surface area contributed by atoms with E-state index in [1.807, 2.05) is 0 Å². The zero-order valence-corrected chi connectivity index (χ0v) is 19.5. The van der Waals surface area contributed by atoms with E-state index >= 15 is 0 Å². The van der Waals surface area contributed by atoms with Crippen molar-refractivity contribution in [2.75, 3.05) is 0 Å². The summed E-state index contributed by atoms with van der Waals surface area (Å²) in [7, 11) is 0. The van der Waals surface area contributed by atoms with Gasteiger partial charge in [0, 0.05) is 5.56 Å². The Morgan fingerprint density at radius 1 is 0.667 bits per heavy atom. The van der Waals surface area contributed by atoms with Gasteiger partial charge in [0.05, 0.1) is 11.9 Å². The number of benzene rings is 1. The van der Waals surface area contributed by atoms with Crippen LogP contribution >= 0.6 is 0 Å². The number of unbranched alkanes of at least 4 members (excludes halogenated alkanes) is 13. The molecule has 0 bridgehead atoms. The number of rotatable bonds is 17. The van der Waals surface area contributed by atoms with Crippen molar-refractivity contribution in [3.05, 3.63) is 34.9 Å². The van der Waals surface area contributed by atoms with Crippen LogP contribution in [0.15, 0.2) is 18.2 Å². The second-order valence-corrected chi connectivity index (χ2v) is 7.79. The Morgan fingerprint density at radius 2 is 1.10 bits per heavy atom. The van der Waals surface area contributed by atoms with Crippen molar-refractivity contribution in [3.8, 4) is 0 Å². The molecule has 0 aromatic heterocycles. The van der Waals surface area contributed by atoms with E-state index in [0.29, 0.717) is 12.0 Å². The fraction of sp³-hybridized carbons (Fsp3) is 0.667. The van der Waals surface area contributed by atoms with Gasteiger partial charge in [-0.3, -0.25) is 0 Å². The summed E-state index contributed by atoms with van der Waals surface area (Å²) in [5.41, 5.74) is 0.630. The first-order valence-electron chi connectivity index (χ1n) is 11.1. The van der Waals surface area contributed by atoms with E-state index in [9.17, 15) is 19.8 Å². The van der Waals surface area contributed by atoms with Crippen LogP contribution in [0.25, 0.3) is 0 Å². The van der Waals surface area contributed by atoms with Crippen molar-refractivity contribution in [3.63, 3.8) is 0 Å². The summed E-state index contributed by atoms with van der Waals surface area (Å²) in [6.07, 6.45) is 18.3. The van der Waals surface area contributed by atoms with Gasteiger partial charge < -0.3 is 19.8 Å². The third-order valence-electron chi connectivity index (χ3n) is 5.36. The summed E-state index contributed by atoms with van der Waals surface area (Å²) in [6, 6.07) is 3.97. The summed E-state index contributed by atoms with van der Waals surface area (Å²) in [6.45, 7) is 2.25. The molecule has 0 saturated carbocycles. The van der Waals surface area contributed by atoms with Crippen molar-refractivity contribution in [2.45, 2.75) is 103 Å². The zero-order valence-electron chi connectivity index (χ0n) is 19.5. The topological polar surface area (TPSA) is 80.3 Å². The Kier molecular flexibility index (Phi) is 21.3. The van der Waals surface area contributed by atoms with Crippen LogP contribution in [0.3, 0.4) is 0 Å². The van der Waals surface area contributed by atoms with Gasteiger partial charge in [-0.15, -0.1) is 0 Å². The molecule has 30 heavy (non-hydrogen) atoms. The van der Waals surface area contributed by atoms with Crippen molar-refractivity contribution in [2.24, 2.45) is 0 Å². The minimum Gasteiger partial charge on any atom is -0.545 e. The molecule has 0 radical (unpaired) electrons. The summed E-state index contributed by atoms with van der Waals surface area (Å²) >= 11 is 0. The molecule has 0 unspecified atom stereocenters. The van der Waals surface area contributed by atoms with Gasteiger partial charge in [0.1, 0.15) is 0 Å². The van der Waals surface area contributed by atoms with Gasteiger partial charge >= 0.3 is 37.7 Å². The van der Waals surface area contributed by atoms with Crippen LogP contribution in [0.2, 0.25) is 0 Å². The van der Waals surface area contributed by atoms with Gasteiger partial charge in [-0.2, -0.15) is 0 Å². The Hall–Kier alpha value is -0.645. The fourth-order valence-electron chi connectivity index (χ4n) is 3.64. The molecule has 1 rings (SSSR count). The maximum absolute atomic E-state index is 11.2. The second-order valence-electron chi connectivity index (χ2n) is 7.79. The second kappa shape index (κ2) is 20.3. The van der Waals surface area contributed by atoms with E-state index in [0.717, 1.165) is 19.3 Å². The van der Waals surface area contributed by atoms with Crippen LogP contribution in [0.1, 0.15) is 123 Å². The van der Waals surface area contributed by atoms with Gasteiger partial charge in [-0.25, -0.2) is 0 Å². The molecule has 1 aromatic carbocycles. The van der Waals surface area contributed by atoms with Crippen LogP contribution in [0.4, 0.5) is 0 Å². The first-order valence-corrected chi connectivity index (χ1v) is 11.1. The Morgan fingerprint density at radius 3 is 1.50 bits per heavy atom. The quantitative estimate of drug-likeness (QED) is 0.233. The van der Waals surface area contributed by atoms with E-state index < -0.39 is 11.9 Å². The molecular formula is C24H36Li2O4. The molecule has 0 amide bonds. The minimum absolute atomic E-state index is 0. The van der Waals surface area contributed by atoms with Gasteiger partial charge in [-0.05, 0) is 30.0 Å². The summed E-state index contributed by atoms with van der Waals surface area (Å²) in [5, 5.41) is 22.1. The van der Waals surface area contributed by atoms with E-state index in [4.69, 9.17) is 0 Å². The third kappa shape index (κ3) is 14.4. The maximum atomic E-state index is 11.2. The Labute approximate surface area is 207 Å². The van der Waals surface area contributed by atoms with Crippen LogP contribution in [-0.2, 0) is 6.42 Å². The molecular weight excluding hydrogens is 366 g/mol. The molecule has 0 aliphatic heterocycles. The fourth-order valence-corrected chi connectivity index (χ4v) is 3.64. The molecule has 0 saturated heterocycles. The summed E-state index contributed by atoms with van der Waals surface area (Å²) in [4.78, 5) is 22.1. The normalized spacial score (nSPS) is 10.2. The van der Waals surface area contributed by atoms with Crippen LogP contribution in [0, 0.1) is 0 Å². The number of hydrogen-bond donors (Lipinski definition) is 0. The predicted molar refractivity (Wildman–Crippen MR) is 109 cm³/mol. The molecule has 0 atom stereocenters. The molecule has 0 fully saturated rings. The van der Waals surface area contributed by atoms with Crippen molar-refractivity contribution in [1.29, 1.82) is 0 Å². The molecule has 0 spiro atoms. The van der Waals surface area contributed by atoms with Crippen molar-refractivity contribution >= 4 is 11.9 Å². The number of carboxylic acid groups (broad SMARTS) is 2. The number of aromatic carboxylic acids is 2. The van der Waals surface area contributed by atoms with E-state index in [1.54, 1.807) is 0 Å². The molecule has 1 aromatic rings. The summed E-state index contributed by atoms with van der Waals surface area (Å²) < 4.78 is 0. The van der Waals surface area contributed by atoms with Gasteiger partial charge in [0.2, 0.25) is 0 Å². The molecule has 4 nitrogen and oxygen atoms in total. The van der Waals surface area contributed by atoms with Crippen LogP contribution in [-0.4, -0.2) is 11.9 Å². The summed E-state index contributed by atoms with van der Waals surface area (Å²) in [5.74, 6) is -2.54. The monoisotopic (exact) mass is 402 g/mol. The standard InChI is InChI=1S/C24H38O4.2Li/c1-2-3-4-5-6-7-8-9-10-11-12-13-14-15-16-20-19-21(23(25)26)17-18-22(20)24(27)28;;/h17-19H,2-16H2,1H3,(H,25,26)(H,27,28);;/q;2*+1/p-2. The predicted octanol–water partition coefficient (Wildman–Crippen LogP) is -1.55. The van der Waals surface area contributed by atoms with E-state index in [2.05, 4.69) is 6.92 Å². The molecule has 0 aliphatic carbocycles. The van der Waals surface area contributed by atoms with Gasteiger partial charge in [0.25, 0.3) is 0 Å². The van der Waals surface area contributed by atoms with Crippen LogP contribution in [0.5, 0.6) is 0 Å². The molecule has 0 heterocycles. The maximum Gasteiger partial charge on any atom is 1.00 e. The molecule has 158 valence electrons. The van der Waals surface area contributed by atoms with Crippen molar-refractivity contribution < 1.29 is 57.5 Å². The Balaban J connectivity index is 0. The molecule has 0 N–H and O–H groups in total. The number of carbonyl (C=O) groups is 2. The van der Waals surface area contributed by atoms with Crippen LogP contribution < -0.4 is 47.9 Å². The number of aryl methyl sites for hydroxylation is 1. The Bertz CT molecular complexity index is 591. The average Bonchev–Trinajstić information content (AvgIpc) is 2.67. The first kappa shape index (κ1) is 31.5. The first-order chi connectivity index (χ1) is 13.6. The average molecular weight is 402 g/mol.